The molecule has 0 unspecified atom stereocenters. The topological polar surface area (TPSA) is 22.1 Å². The van der Waals surface area contributed by atoms with E-state index in [1.165, 1.54) is 10.4 Å². The summed E-state index contributed by atoms with van der Waals surface area (Å²) in [5, 5.41) is 1.01. The van der Waals surface area contributed by atoms with E-state index in [0.717, 1.165) is 22.2 Å². The van der Waals surface area contributed by atoms with E-state index < -0.39 is 0 Å². The van der Waals surface area contributed by atoms with Crippen LogP contribution >= 0.6 is 24.0 Å². The third-order valence-electron chi connectivity index (χ3n) is 2.97. The van der Waals surface area contributed by atoms with Gasteiger partial charge < -0.3 is 4.74 Å². The van der Waals surface area contributed by atoms with Crippen LogP contribution in [0.2, 0.25) is 0 Å². The molecule has 2 aromatic rings. The van der Waals surface area contributed by atoms with Gasteiger partial charge in [0.1, 0.15) is 17.4 Å². The molecule has 0 spiro atoms. The molecule has 1 aromatic carbocycles. The Morgan fingerprint density at radius 3 is 2.79 bits per heavy atom. The molecule has 0 aliphatic carbocycles. The fourth-order valence-corrected chi connectivity index (χ4v) is 3.07. The highest BCUT2D eigenvalue weighted by Gasteiger charge is 2.07. The number of hydrogen-bond acceptors (Lipinski definition) is 4. The number of thiazole rings is 1. The van der Waals surface area contributed by atoms with Crippen LogP contribution in [0.4, 0.5) is 0 Å². The van der Waals surface area contributed by atoms with Crippen molar-refractivity contribution >= 4 is 24.0 Å². The molecule has 0 bridgehead atoms. The van der Waals surface area contributed by atoms with Crippen LogP contribution in [-0.4, -0.2) is 4.98 Å². The van der Waals surface area contributed by atoms with E-state index in [0.29, 0.717) is 12.5 Å². The van der Waals surface area contributed by atoms with Crippen molar-refractivity contribution in [3.8, 4) is 5.75 Å². The van der Waals surface area contributed by atoms with Gasteiger partial charge in [-0.25, -0.2) is 4.98 Å². The summed E-state index contributed by atoms with van der Waals surface area (Å²) < 4.78 is 5.82. The zero-order valence-electron chi connectivity index (χ0n) is 11.5. The lowest BCUT2D eigenvalue weighted by molar-refractivity contribution is 0.305. The van der Waals surface area contributed by atoms with Crippen molar-refractivity contribution < 1.29 is 4.74 Å². The van der Waals surface area contributed by atoms with Crippen molar-refractivity contribution in [1.82, 2.24) is 4.98 Å². The quantitative estimate of drug-likeness (QED) is 0.815. The Kier molecular flexibility index (Phi) is 4.88. The molecule has 0 aliphatic rings. The number of thiol groups is 1. The molecular formula is C15H19NOS2. The summed E-state index contributed by atoms with van der Waals surface area (Å²) in [6, 6.07) is 8.26. The summed E-state index contributed by atoms with van der Waals surface area (Å²) in [5.41, 5.74) is 2.36. The lowest BCUT2D eigenvalue weighted by Gasteiger charge is -2.08. The van der Waals surface area contributed by atoms with Crippen LogP contribution in [0.3, 0.4) is 0 Å². The summed E-state index contributed by atoms with van der Waals surface area (Å²) in [7, 11) is 0. The molecule has 2 nitrogen and oxygen atoms in total. The molecule has 19 heavy (non-hydrogen) atoms. The molecule has 0 saturated heterocycles. The summed E-state index contributed by atoms with van der Waals surface area (Å²) in [6.45, 7) is 6.91. The zero-order chi connectivity index (χ0) is 13.8. The number of ether oxygens (including phenoxy) is 1. The maximum atomic E-state index is 5.82. The molecule has 2 rings (SSSR count). The Labute approximate surface area is 124 Å². The van der Waals surface area contributed by atoms with Gasteiger partial charge in [0.15, 0.2) is 0 Å². The highest BCUT2D eigenvalue weighted by Crippen LogP contribution is 2.23. The maximum Gasteiger partial charge on any atom is 0.140 e. The fourth-order valence-electron chi connectivity index (χ4n) is 1.81. The molecule has 0 aliphatic heterocycles. The Bertz CT molecular complexity index is 549. The highest BCUT2D eigenvalue weighted by atomic mass is 32.1. The molecule has 0 radical (unpaired) electrons. The number of benzene rings is 1. The standard InChI is InChI=1S/C15H19NOS2/c1-10(2)12-5-4-6-13(7-12)17-8-15-16-11(3)14(9-18)19-15/h4-7,10,18H,8-9H2,1-3H3. The molecule has 0 fully saturated rings. The summed E-state index contributed by atoms with van der Waals surface area (Å²) in [4.78, 5) is 5.72. The second kappa shape index (κ2) is 6.44. The lowest BCUT2D eigenvalue weighted by atomic mass is 10.0. The first-order chi connectivity index (χ1) is 9.10. The van der Waals surface area contributed by atoms with E-state index in [1.54, 1.807) is 11.3 Å². The first-order valence-electron chi connectivity index (χ1n) is 6.39. The summed E-state index contributed by atoms with van der Waals surface area (Å²) in [6.07, 6.45) is 0. The van der Waals surface area contributed by atoms with E-state index in [-0.39, 0.29) is 0 Å². The fraction of sp³-hybridized carbons (Fsp3) is 0.400. The van der Waals surface area contributed by atoms with Crippen molar-refractivity contribution in [2.75, 3.05) is 0 Å². The minimum atomic E-state index is 0.515. The van der Waals surface area contributed by atoms with Gasteiger partial charge in [0.25, 0.3) is 0 Å². The Morgan fingerprint density at radius 1 is 1.37 bits per heavy atom. The number of aryl methyl sites for hydroxylation is 1. The molecular weight excluding hydrogens is 274 g/mol. The van der Waals surface area contributed by atoms with Crippen molar-refractivity contribution in [2.24, 2.45) is 0 Å². The Hall–Kier alpha value is -1.00. The van der Waals surface area contributed by atoms with Gasteiger partial charge in [-0.05, 0) is 30.5 Å². The predicted octanol–water partition coefficient (Wildman–Crippen LogP) is 4.58. The van der Waals surface area contributed by atoms with Crippen LogP contribution in [0.1, 0.15) is 40.9 Å². The van der Waals surface area contributed by atoms with Crippen molar-refractivity contribution in [3.05, 3.63) is 45.4 Å². The number of aromatic nitrogens is 1. The third kappa shape index (κ3) is 3.74. The van der Waals surface area contributed by atoms with E-state index >= 15 is 0 Å². The van der Waals surface area contributed by atoms with Crippen LogP contribution < -0.4 is 4.74 Å². The van der Waals surface area contributed by atoms with Gasteiger partial charge in [-0.15, -0.1) is 11.3 Å². The second-order valence-electron chi connectivity index (χ2n) is 4.79. The zero-order valence-corrected chi connectivity index (χ0v) is 13.2. The molecule has 0 saturated carbocycles. The second-order valence-corrected chi connectivity index (χ2v) is 6.27. The average molecular weight is 293 g/mol. The molecule has 4 heteroatoms. The third-order valence-corrected chi connectivity index (χ3v) is 4.63. The van der Waals surface area contributed by atoms with E-state index in [4.69, 9.17) is 4.74 Å². The number of nitrogens with zero attached hydrogens (tertiary/aromatic N) is 1. The first-order valence-corrected chi connectivity index (χ1v) is 7.84. The van der Waals surface area contributed by atoms with Crippen LogP contribution in [-0.2, 0) is 12.4 Å². The van der Waals surface area contributed by atoms with Crippen LogP contribution in [0.15, 0.2) is 24.3 Å². The summed E-state index contributed by atoms with van der Waals surface area (Å²) in [5.74, 6) is 2.17. The van der Waals surface area contributed by atoms with Gasteiger partial charge in [-0.1, -0.05) is 26.0 Å². The minimum absolute atomic E-state index is 0.515. The molecule has 102 valence electrons. The summed E-state index contributed by atoms with van der Waals surface area (Å²) >= 11 is 5.97. The smallest absolute Gasteiger partial charge is 0.140 e. The number of hydrogen-bond donors (Lipinski definition) is 1. The normalized spacial score (nSPS) is 11.0. The van der Waals surface area contributed by atoms with Gasteiger partial charge in [-0.2, -0.15) is 12.6 Å². The molecule has 1 heterocycles. The molecule has 1 aromatic heterocycles. The predicted molar refractivity (Wildman–Crippen MR) is 84.4 cm³/mol. The van der Waals surface area contributed by atoms with Gasteiger partial charge in [0, 0.05) is 10.6 Å². The van der Waals surface area contributed by atoms with E-state index in [2.05, 4.69) is 43.6 Å². The monoisotopic (exact) mass is 293 g/mol. The van der Waals surface area contributed by atoms with Gasteiger partial charge in [0.05, 0.1) is 5.69 Å². The Morgan fingerprint density at radius 2 is 2.16 bits per heavy atom. The van der Waals surface area contributed by atoms with Crippen LogP contribution in [0, 0.1) is 6.92 Å². The van der Waals surface area contributed by atoms with E-state index in [9.17, 15) is 0 Å². The van der Waals surface area contributed by atoms with E-state index in [1.807, 2.05) is 19.1 Å². The first kappa shape index (κ1) is 14.4. The van der Waals surface area contributed by atoms with Gasteiger partial charge >= 0.3 is 0 Å². The van der Waals surface area contributed by atoms with Gasteiger partial charge in [-0.3, -0.25) is 0 Å². The van der Waals surface area contributed by atoms with Crippen LogP contribution in [0.5, 0.6) is 5.75 Å². The SMILES string of the molecule is Cc1nc(COc2cccc(C(C)C)c2)sc1CS. The average Bonchev–Trinajstić information content (AvgIpc) is 2.77. The van der Waals surface area contributed by atoms with Crippen molar-refractivity contribution in [1.29, 1.82) is 0 Å². The van der Waals surface area contributed by atoms with Crippen LogP contribution in [0.25, 0.3) is 0 Å². The van der Waals surface area contributed by atoms with Crippen molar-refractivity contribution in [2.45, 2.75) is 39.0 Å². The van der Waals surface area contributed by atoms with Crippen molar-refractivity contribution in [3.63, 3.8) is 0 Å². The van der Waals surface area contributed by atoms with Gasteiger partial charge in [0.2, 0.25) is 0 Å². The highest BCUT2D eigenvalue weighted by molar-refractivity contribution is 7.79. The maximum absolute atomic E-state index is 5.82. The largest absolute Gasteiger partial charge is 0.486 e. The Balaban J connectivity index is 2.03. The lowest BCUT2D eigenvalue weighted by Crippen LogP contribution is -1.96. The molecule has 0 amide bonds. The molecule has 0 N–H and O–H groups in total. The molecule has 0 atom stereocenters. The minimum Gasteiger partial charge on any atom is -0.486 e. The number of rotatable bonds is 5.